The van der Waals surface area contributed by atoms with E-state index in [4.69, 9.17) is 0 Å². The molecule has 2 heterocycles. The van der Waals surface area contributed by atoms with E-state index in [0.717, 1.165) is 16.9 Å². The maximum atomic E-state index is 12.9. The number of nitrogens with zero attached hydrogens (tertiary/aromatic N) is 2. The maximum absolute atomic E-state index is 12.9. The number of nitrogens with one attached hydrogen (secondary N) is 2. The first-order valence-electron chi connectivity index (χ1n) is 9.77. The van der Waals surface area contributed by atoms with E-state index in [-0.39, 0.29) is 11.3 Å². The van der Waals surface area contributed by atoms with Crippen molar-refractivity contribution >= 4 is 33.9 Å². The molecule has 0 unspecified atom stereocenters. The van der Waals surface area contributed by atoms with Crippen molar-refractivity contribution in [2.75, 3.05) is 0 Å². The van der Waals surface area contributed by atoms with Crippen molar-refractivity contribution in [3.63, 3.8) is 0 Å². The number of aromatic nitrogens is 2. The highest BCUT2D eigenvalue weighted by Crippen LogP contribution is 2.21. The Morgan fingerprint density at radius 2 is 1.61 bits per heavy atom. The number of thiophene rings is 1. The summed E-state index contributed by atoms with van der Waals surface area (Å²) in [6.45, 7) is 3.98. The fraction of sp³-hybridized carbons (Fsp3) is 0.130. The molecule has 156 valence electrons. The number of carbonyl (C=O) groups is 2. The fourth-order valence-electron chi connectivity index (χ4n) is 3.32. The highest BCUT2D eigenvalue weighted by atomic mass is 32.1. The van der Waals surface area contributed by atoms with Crippen molar-refractivity contribution in [2.24, 2.45) is 0 Å². The number of fused-ring (bicyclic) bond motifs is 1. The summed E-state index contributed by atoms with van der Waals surface area (Å²) in [5.74, 6) is -1.01. The van der Waals surface area contributed by atoms with Gasteiger partial charge in [-0.2, -0.15) is 9.78 Å². The van der Waals surface area contributed by atoms with E-state index in [1.807, 2.05) is 26.0 Å². The number of carbonyl (C=O) groups excluding carboxylic acids is 2. The van der Waals surface area contributed by atoms with Gasteiger partial charge in [0.1, 0.15) is 0 Å². The highest BCUT2D eigenvalue weighted by molar-refractivity contribution is 7.14. The molecule has 2 N–H and O–H groups in total. The molecular formula is C23H20N4O3S. The van der Waals surface area contributed by atoms with Gasteiger partial charge in [0.2, 0.25) is 0 Å². The monoisotopic (exact) mass is 432 g/mol. The highest BCUT2D eigenvalue weighted by Gasteiger charge is 2.19. The lowest BCUT2D eigenvalue weighted by atomic mass is 10.1. The summed E-state index contributed by atoms with van der Waals surface area (Å²) >= 11 is 1.37. The van der Waals surface area contributed by atoms with Crippen LogP contribution in [0.4, 0.5) is 0 Å². The molecule has 2 amide bonds. The Morgan fingerprint density at radius 1 is 0.968 bits per heavy atom. The van der Waals surface area contributed by atoms with Crippen molar-refractivity contribution in [1.29, 1.82) is 0 Å². The minimum Gasteiger partial charge on any atom is -0.267 e. The molecule has 4 rings (SSSR count). The predicted molar refractivity (Wildman–Crippen MR) is 121 cm³/mol. The standard InChI is InChI=1S/C23H20N4O3S/c1-3-15-13-19(31-14(15)2)21(28)24-25-22(29)20-17-11-7-8-12-18(17)23(30)27(26-20)16-9-5-4-6-10-16/h4-13H,3H2,1-2H3,(H,24,28)(H,25,29). The van der Waals surface area contributed by atoms with Crippen LogP contribution < -0.4 is 16.4 Å². The molecule has 8 heteroatoms. The number of hydrogen-bond donors (Lipinski definition) is 2. The zero-order chi connectivity index (χ0) is 22.0. The Morgan fingerprint density at radius 3 is 2.29 bits per heavy atom. The number of para-hydroxylation sites is 1. The van der Waals surface area contributed by atoms with Gasteiger partial charge in [0, 0.05) is 10.3 Å². The third-order valence-corrected chi connectivity index (χ3v) is 6.03. The van der Waals surface area contributed by atoms with Gasteiger partial charge in [0.05, 0.1) is 16.0 Å². The van der Waals surface area contributed by atoms with Crippen LogP contribution in [-0.4, -0.2) is 21.6 Å². The molecule has 0 saturated heterocycles. The van der Waals surface area contributed by atoms with Crippen molar-refractivity contribution in [3.05, 3.63) is 92.0 Å². The van der Waals surface area contributed by atoms with Gasteiger partial charge in [-0.15, -0.1) is 11.3 Å². The van der Waals surface area contributed by atoms with Gasteiger partial charge in [0.15, 0.2) is 5.69 Å². The zero-order valence-corrected chi connectivity index (χ0v) is 17.8. The van der Waals surface area contributed by atoms with Crippen molar-refractivity contribution < 1.29 is 9.59 Å². The predicted octanol–water partition coefficient (Wildman–Crippen LogP) is 3.39. The number of rotatable bonds is 4. The number of amides is 2. The first-order valence-corrected chi connectivity index (χ1v) is 10.6. The molecule has 0 bridgehead atoms. The largest absolute Gasteiger partial charge is 0.290 e. The number of hydrogen-bond acceptors (Lipinski definition) is 5. The number of hydrazine groups is 1. The van der Waals surface area contributed by atoms with Crippen LogP contribution in [0.5, 0.6) is 0 Å². The van der Waals surface area contributed by atoms with Gasteiger partial charge in [-0.3, -0.25) is 25.2 Å². The molecule has 0 saturated carbocycles. The third-order valence-electron chi connectivity index (χ3n) is 4.94. The molecule has 4 aromatic rings. The minimum atomic E-state index is -0.613. The Balaban J connectivity index is 1.66. The molecule has 0 spiro atoms. The van der Waals surface area contributed by atoms with E-state index in [2.05, 4.69) is 16.0 Å². The lowest BCUT2D eigenvalue weighted by Gasteiger charge is -2.11. The summed E-state index contributed by atoms with van der Waals surface area (Å²) in [6.07, 6.45) is 0.832. The summed E-state index contributed by atoms with van der Waals surface area (Å²) in [5, 5.41) is 5.07. The molecular weight excluding hydrogens is 412 g/mol. The minimum absolute atomic E-state index is 0.0379. The normalized spacial score (nSPS) is 10.8. The molecule has 31 heavy (non-hydrogen) atoms. The van der Waals surface area contributed by atoms with E-state index in [0.29, 0.717) is 21.3 Å². The summed E-state index contributed by atoms with van der Waals surface area (Å²) in [7, 11) is 0. The number of benzene rings is 2. The molecule has 7 nitrogen and oxygen atoms in total. The van der Waals surface area contributed by atoms with Gasteiger partial charge in [0.25, 0.3) is 17.4 Å². The quantitative estimate of drug-likeness (QED) is 0.484. The lowest BCUT2D eigenvalue weighted by molar-refractivity contribution is 0.0846. The fourth-order valence-corrected chi connectivity index (χ4v) is 4.33. The van der Waals surface area contributed by atoms with E-state index < -0.39 is 11.8 Å². The van der Waals surface area contributed by atoms with Crippen molar-refractivity contribution in [1.82, 2.24) is 20.6 Å². The van der Waals surface area contributed by atoms with Gasteiger partial charge in [-0.05, 0) is 43.2 Å². The van der Waals surface area contributed by atoms with Crippen molar-refractivity contribution in [3.8, 4) is 5.69 Å². The van der Waals surface area contributed by atoms with Crippen LogP contribution in [0.1, 0.15) is 37.5 Å². The van der Waals surface area contributed by atoms with Gasteiger partial charge < -0.3 is 0 Å². The zero-order valence-electron chi connectivity index (χ0n) is 17.0. The Hall–Kier alpha value is -3.78. The smallest absolute Gasteiger partial charge is 0.267 e. The van der Waals surface area contributed by atoms with Crippen LogP contribution in [0, 0.1) is 6.92 Å². The van der Waals surface area contributed by atoms with Gasteiger partial charge in [-0.1, -0.05) is 43.3 Å². The third kappa shape index (κ3) is 3.97. The molecule has 0 aliphatic carbocycles. The second-order valence-corrected chi connectivity index (χ2v) is 8.16. The second-order valence-electron chi connectivity index (χ2n) is 6.90. The average molecular weight is 433 g/mol. The SMILES string of the molecule is CCc1cc(C(=O)NNC(=O)c2nn(-c3ccccc3)c(=O)c3ccccc23)sc1C. The van der Waals surface area contributed by atoms with Gasteiger partial charge >= 0.3 is 0 Å². The molecule has 2 aromatic heterocycles. The molecule has 2 aromatic carbocycles. The molecule has 0 fully saturated rings. The average Bonchev–Trinajstić information content (AvgIpc) is 3.19. The van der Waals surface area contributed by atoms with E-state index in [9.17, 15) is 14.4 Å². The van der Waals surface area contributed by atoms with Gasteiger partial charge in [-0.25, -0.2) is 0 Å². The molecule has 0 atom stereocenters. The van der Waals surface area contributed by atoms with Crippen LogP contribution in [0.3, 0.4) is 0 Å². The van der Waals surface area contributed by atoms with E-state index >= 15 is 0 Å². The summed E-state index contributed by atoms with van der Waals surface area (Å²) < 4.78 is 1.19. The van der Waals surface area contributed by atoms with Crippen LogP contribution >= 0.6 is 11.3 Å². The topological polar surface area (TPSA) is 93.1 Å². The maximum Gasteiger partial charge on any atom is 0.290 e. The van der Waals surface area contributed by atoms with Crippen molar-refractivity contribution in [2.45, 2.75) is 20.3 Å². The summed E-state index contributed by atoms with van der Waals surface area (Å²) in [4.78, 5) is 39.9. The Kier molecular flexibility index (Phi) is 5.64. The first-order chi connectivity index (χ1) is 15.0. The lowest BCUT2D eigenvalue weighted by Crippen LogP contribution is -2.42. The second kappa shape index (κ2) is 8.53. The molecule has 0 aliphatic heterocycles. The molecule has 0 aliphatic rings. The Bertz CT molecular complexity index is 1340. The van der Waals surface area contributed by atoms with E-state index in [1.54, 1.807) is 48.5 Å². The number of aryl methyl sites for hydroxylation is 2. The molecule has 0 radical (unpaired) electrons. The summed E-state index contributed by atoms with van der Waals surface area (Å²) in [5.41, 5.74) is 6.22. The Labute approximate surface area is 182 Å². The van der Waals surface area contributed by atoms with Crippen LogP contribution in [-0.2, 0) is 6.42 Å². The summed E-state index contributed by atoms with van der Waals surface area (Å²) in [6, 6.07) is 17.5. The van der Waals surface area contributed by atoms with Crippen LogP contribution in [0.15, 0.2) is 65.5 Å². The first kappa shape index (κ1) is 20.5. The van der Waals surface area contributed by atoms with Crippen LogP contribution in [0.2, 0.25) is 0 Å². The van der Waals surface area contributed by atoms with E-state index in [1.165, 1.54) is 16.0 Å². The van der Waals surface area contributed by atoms with Crippen LogP contribution in [0.25, 0.3) is 16.5 Å².